The second kappa shape index (κ2) is 10.6. The summed E-state index contributed by atoms with van der Waals surface area (Å²) in [5.74, 6) is 0.649. The lowest BCUT2D eigenvalue weighted by atomic mass is 9.96. The lowest BCUT2D eigenvalue weighted by Gasteiger charge is -2.43. The fourth-order valence-electron chi connectivity index (χ4n) is 4.39. The van der Waals surface area contributed by atoms with E-state index in [1.165, 1.54) is 0 Å². The average molecular weight is 475 g/mol. The Kier molecular flexibility index (Phi) is 7.55. The van der Waals surface area contributed by atoms with E-state index in [-0.39, 0.29) is 31.4 Å². The molecule has 0 radical (unpaired) electrons. The van der Waals surface area contributed by atoms with Crippen LogP contribution in [0.4, 0.5) is 0 Å². The lowest BCUT2D eigenvalue weighted by molar-refractivity contribution is -0.166. The SMILES string of the molecule is Cc1cc(OC[C@@]2(CC(=O)N3CCCCC3)CN(C(=O)Cn3cccn3)CCO2)ccc1Cl. The van der Waals surface area contributed by atoms with Crippen molar-refractivity contribution in [3.63, 3.8) is 0 Å². The van der Waals surface area contributed by atoms with Crippen LogP contribution in [0.3, 0.4) is 0 Å². The van der Waals surface area contributed by atoms with Gasteiger partial charge in [0.15, 0.2) is 0 Å². The van der Waals surface area contributed by atoms with Crippen molar-refractivity contribution in [3.05, 3.63) is 47.2 Å². The van der Waals surface area contributed by atoms with Crippen molar-refractivity contribution in [1.82, 2.24) is 19.6 Å². The molecule has 2 saturated heterocycles. The molecule has 2 aliphatic heterocycles. The maximum atomic E-state index is 13.2. The highest BCUT2D eigenvalue weighted by Gasteiger charge is 2.42. The highest BCUT2D eigenvalue weighted by Crippen LogP contribution is 2.28. The summed E-state index contributed by atoms with van der Waals surface area (Å²) in [5.41, 5.74) is -0.00620. The number of nitrogens with zero attached hydrogens (tertiary/aromatic N) is 4. The zero-order chi connectivity index (χ0) is 23.3. The second-order valence-electron chi connectivity index (χ2n) is 8.87. The van der Waals surface area contributed by atoms with Gasteiger partial charge in [-0.3, -0.25) is 14.3 Å². The molecule has 33 heavy (non-hydrogen) atoms. The number of benzene rings is 1. The molecule has 1 aromatic heterocycles. The third kappa shape index (κ3) is 6.06. The van der Waals surface area contributed by atoms with Gasteiger partial charge in [0.05, 0.1) is 19.6 Å². The van der Waals surface area contributed by atoms with Gasteiger partial charge in [-0.2, -0.15) is 5.10 Å². The van der Waals surface area contributed by atoms with E-state index in [0.717, 1.165) is 37.9 Å². The Hall–Kier alpha value is -2.58. The molecule has 0 N–H and O–H groups in total. The summed E-state index contributed by atoms with van der Waals surface area (Å²) in [5, 5.41) is 4.80. The molecule has 9 heteroatoms. The number of morpholine rings is 1. The Morgan fingerprint density at radius 3 is 2.70 bits per heavy atom. The van der Waals surface area contributed by atoms with Crippen LogP contribution in [0.5, 0.6) is 5.75 Å². The van der Waals surface area contributed by atoms with Crippen LogP contribution >= 0.6 is 11.6 Å². The minimum atomic E-state index is -0.917. The first-order chi connectivity index (χ1) is 15.9. The maximum Gasteiger partial charge on any atom is 0.244 e. The van der Waals surface area contributed by atoms with Gasteiger partial charge in [0, 0.05) is 37.1 Å². The topological polar surface area (TPSA) is 76.9 Å². The highest BCUT2D eigenvalue weighted by molar-refractivity contribution is 6.31. The number of amides is 2. The van der Waals surface area contributed by atoms with Gasteiger partial charge in [0.1, 0.15) is 24.5 Å². The Morgan fingerprint density at radius 1 is 1.15 bits per heavy atom. The van der Waals surface area contributed by atoms with E-state index in [0.29, 0.717) is 30.5 Å². The molecule has 178 valence electrons. The van der Waals surface area contributed by atoms with Crippen molar-refractivity contribution in [2.45, 2.75) is 44.8 Å². The number of hydrogen-bond acceptors (Lipinski definition) is 5. The van der Waals surface area contributed by atoms with Crippen LogP contribution in [0.25, 0.3) is 0 Å². The third-order valence-corrected chi connectivity index (χ3v) is 6.70. The van der Waals surface area contributed by atoms with Crippen LogP contribution in [0, 0.1) is 6.92 Å². The van der Waals surface area contributed by atoms with Crippen LogP contribution in [0.2, 0.25) is 5.02 Å². The van der Waals surface area contributed by atoms with Gasteiger partial charge in [-0.1, -0.05) is 11.6 Å². The van der Waals surface area contributed by atoms with Crippen LogP contribution in [0.1, 0.15) is 31.2 Å². The number of carbonyl (C=O) groups excluding carboxylic acids is 2. The molecule has 0 aliphatic carbocycles. The summed E-state index contributed by atoms with van der Waals surface area (Å²) in [6, 6.07) is 7.25. The van der Waals surface area contributed by atoms with E-state index in [1.54, 1.807) is 40.2 Å². The summed E-state index contributed by atoms with van der Waals surface area (Å²) < 4.78 is 13.9. The first kappa shape index (κ1) is 23.6. The van der Waals surface area contributed by atoms with E-state index in [9.17, 15) is 9.59 Å². The largest absolute Gasteiger partial charge is 0.490 e. The molecular formula is C24H31ClN4O4. The van der Waals surface area contributed by atoms with Crippen molar-refractivity contribution in [3.8, 4) is 5.75 Å². The normalized spacial score (nSPS) is 21.2. The standard InChI is InChI=1S/C24H31ClN4O4/c1-19-14-20(6-7-21(19)25)32-18-24(15-22(30)27-9-3-2-4-10-27)17-28(12-13-33-24)23(31)16-29-11-5-8-26-29/h5-8,11,14H,2-4,9-10,12-13,15-18H2,1H3/t24-/m1/s1. The Labute approximate surface area is 199 Å². The minimum Gasteiger partial charge on any atom is -0.490 e. The molecule has 0 spiro atoms. The molecular weight excluding hydrogens is 444 g/mol. The van der Waals surface area contributed by atoms with Crippen molar-refractivity contribution >= 4 is 23.4 Å². The molecule has 2 amide bonds. The predicted molar refractivity (Wildman–Crippen MR) is 124 cm³/mol. The average Bonchev–Trinajstić information content (AvgIpc) is 3.34. The summed E-state index contributed by atoms with van der Waals surface area (Å²) >= 11 is 6.14. The van der Waals surface area contributed by atoms with Crippen LogP contribution in [0.15, 0.2) is 36.7 Å². The lowest BCUT2D eigenvalue weighted by Crippen LogP contribution is -2.59. The number of halogens is 1. The molecule has 2 fully saturated rings. The van der Waals surface area contributed by atoms with Gasteiger partial charge in [0.2, 0.25) is 11.8 Å². The van der Waals surface area contributed by atoms with Crippen molar-refractivity contribution in [1.29, 1.82) is 0 Å². The second-order valence-corrected chi connectivity index (χ2v) is 9.28. The van der Waals surface area contributed by atoms with Gasteiger partial charge in [0.25, 0.3) is 0 Å². The van der Waals surface area contributed by atoms with Gasteiger partial charge < -0.3 is 19.3 Å². The number of rotatable bonds is 7. The van der Waals surface area contributed by atoms with E-state index in [4.69, 9.17) is 21.1 Å². The van der Waals surface area contributed by atoms with Crippen LogP contribution in [-0.4, -0.2) is 76.4 Å². The number of ether oxygens (including phenoxy) is 2. The number of piperidine rings is 1. The third-order valence-electron chi connectivity index (χ3n) is 6.27. The highest BCUT2D eigenvalue weighted by atomic mass is 35.5. The molecule has 0 saturated carbocycles. The van der Waals surface area contributed by atoms with Gasteiger partial charge in [-0.25, -0.2) is 0 Å². The Bertz CT molecular complexity index is 961. The number of aromatic nitrogens is 2. The van der Waals surface area contributed by atoms with Gasteiger partial charge in [-0.05, 0) is 56.0 Å². The molecule has 0 unspecified atom stereocenters. The summed E-state index contributed by atoms with van der Waals surface area (Å²) in [4.78, 5) is 29.8. The number of likely N-dealkylation sites (tertiary alicyclic amines) is 1. The van der Waals surface area contributed by atoms with Crippen molar-refractivity contribution in [2.75, 3.05) is 39.4 Å². The Morgan fingerprint density at radius 2 is 1.97 bits per heavy atom. The molecule has 0 bridgehead atoms. The van der Waals surface area contributed by atoms with Crippen molar-refractivity contribution in [2.24, 2.45) is 0 Å². The fourth-order valence-corrected chi connectivity index (χ4v) is 4.51. The smallest absolute Gasteiger partial charge is 0.244 e. The molecule has 4 rings (SSSR count). The van der Waals surface area contributed by atoms with E-state index >= 15 is 0 Å². The molecule has 8 nitrogen and oxygen atoms in total. The molecule has 3 heterocycles. The Balaban J connectivity index is 1.49. The summed E-state index contributed by atoms with van der Waals surface area (Å²) in [7, 11) is 0. The molecule has 1 atom stereocenters. The van der Waals surface area contributed by atoms with E-state index in [1.807, 2.05) is 17.9 Å². The molecule has 2 aliphatic rings. The maximum absolute atomic E-state index is 13.2. The minimum absolute atomic E-state index is 0.0481. The van der Waals surface area contributed by atoms with E-state index < -0.39 is 5.60 Å². The van der Waals surface area contributed by atoms with E-state index in [2.05, 4.69) is 5.10 Å². The zero-order valence-electron chi connectivity index (χ0n) is 19.0. The summed E-state index contributed by atoms with van der Waals surface area (Å²) in [6.07, 6.45) is 6.78. The molecule has 2 aromatic rings. The number of carbonyl (C=O) groups is 2. The predicted octanol–water partition coefficient (Wildman–Crippen LogP) is 2.92. The number of hydrogen-bond donors (Lipinski definition) is 0. The zero-order valence-corrected chi connectivity index (χ0v) is 19.8. The van der Waals surface area contributed by atoms with Crippen LogP contribution in [-0.2, 0) is 20.9 Å². The first-order valence-electron chi connectivity index (χ1n) is 11.5. The fraction of sp³-hybridized carbons (Fsp3) is 0.542. The summed E-state index contributed by atoms with van der Waals surface area (Å²) in [6.45, 7) is 4.89. The quantitative estimate of drug-likeness (QED) is 0.616. The van der Waals surface area contributed by atoms with Crippen LogP contribution < -0.4 is 4.74 Å². The monoisotopic (exact) mass is 474 g/mol. The van der Waals surface area contributed by atoms with Gasteiger partial charge >= 0.3 is 0 Å². The van der Waals surface area contributed by atoms with Crippen molar-refractivity contribution < 1.29 is 19.1 Å². The first-order valence-corrected chi connectivity index (χ1v) is 11.9. The van der Waals surface area contributed by atoms with Gasteiger partial charge in [-0.15, -0.1) is 0 Å². The molecule has 1 aromatic carbocycles. The number of aryl methyl sites for hydroxylation is 1.